The lowest BCUT2D eigenvalue weighted by Crippen LogP contribution is -2.60. The Morgan fingerprint density at radius 2 is 2.12 bits per heavy atom. The van der Waals surface area contributed by atoms with Gasteiger partial charge in [-0.2, -0.15) is 17.0 Å². The minimum atomic E-state index is -3.35. The van der Waals surface area contributed by atoms with Gasteiger partial charge in [-0.15, -0.1) is 0 Å². The number of aliphatic hydroxyl groups is 1. The van der Waals surface area contributed by atoms with Crippen LogP contribution in [-0.4, -0.2) is 68.0 Å². The van der Waals surface area contributed by atoms with Crippen molar-refractivity contribution in [2.24, 2.45) is 5.92 Å². The molecule has 0 bridgehead atoms. The third-order valence-electron chi connectivity index (χ3n) is 3.89. The van der Waals surface area contributed by atoms with E-state index in [9.17, 15) is 13.5 Å². The van der Waals surface area contributed by atoms with Gasteiger partial charge in [0, 0.05) is 39.6 Å². The number of hydrogen-bond acceptors (Lipinski definition) is 4. The van der Waals surface area contributed by atoms with Crippen LogP contribution in [0.2, 0.25) is 0 Å². The van der Waals surface area contributed by atoms with Crippen LogP contribution in [0.15, 0.2) is 0 Å². The molecular formula is C10H21N3O3S. The van der Waals surface area contributed by atoms with Crippen molar-refractivity contribution in [1.82, 2.24) is 13.9 Å². The van der Waals surface area contributed by atoms with E-state index >= 15 is 0 Å². The lowest BCUT2D eigenvalue weighted by molar-refractivity contribution is -0.0750. The van der Waals surface area contributed by atoms with Crippen LogP contribution >= 0.6 is 0 Å². The molecule has 2 heterocycles. The van der Waals surface area contributed by atoms with Crippen LogP contribution < -0.4 is 5.32 Å². The normalized spacial score (nSPS) is 35.9. The maximum Gasteiger partial charge on any atom is 0.281 e. The molecule has 2 rings (SSSR count). The lowest BCUT2D eigenvalue weighted by Gasteiger charge is -2.47. The first-order valence-electron chi connectivity index (χ1n) is 5.97. The molecule has 0 aromatic rings. The van der Waals surface area contributed by atoms with Crippen molar-refractivity contribution in [2.75, 3.05) is 40.3 Å². The van der Waals surface area contributed by atoms with Crippen molar-refractivity contribution in [3.05, 3.63) is 0 Å². The number of hydrogen-bond donors (Lipinski definition) is 2. The number of nitrogens with zero attached hydrogens (tertiary/aromatic N) is 2. The van der Waals surface area contributed by atoms with E-state index in [2.05, 4.69) is 5.32 Å². The standard InChI is InChI=1S/C10H21N3O3S/c1-12(2)17(15,16)13-6-4-10(14)3-5-11-7-9(10)8-13/h9,11,14H,3-8H2,1-2H3/t9-,10+/m1/s1. The molecule has 0 aromatic heterocycles. The SMILES string of the molecule is CN(C)S(=O)(=O)N1CC[C@@]2(O)CCNC[C@@H]2C1. The molecule has 17 heavy (non-hydrogen) atoms. The molecule has 0 aromatic carbocycles. The number of fused-ring (bicyclic) bond motifs is 1. The monoisotopic (exact) mass is 263 g/mol. The van der Waals surface area contributed by atoms with Gasteiger partial charge in [0.25, 0.3) is 10.2 Å². The highest BCUT2D eigenvalue weighted by atomic mass is 32.2. The topological polar surface area (TPSA) is 72.9 Å². The molecule has 0 amide bonds. The van der Waals surface area contributed by atoms with Crippen molar-refractivity contribution in [1.29, 1.82) is 0 Å². The maximum atomic E-state index is 12.0. The van der Waals surface area contributed by atoms with E-state index in [1.54, 1.807) is 0 Å². The van der Waals surface area contributed by atoms with E-state index in [-0.39, 0.29) is 5.92 Å². The van der Waals surface area contributed by atoms with Crippen LogP contribution in [0.1, 0.15) is 12.8 Å². The molecule has 2 aliphatic heterocycles. The van der Waals surface area contributed by atoms with Crippen LogP contribution in [0.3, 0.4) is 0 Å². The minimum absolute atomic E-state index is 0.000255. The molecule has 0 aliphatic carbocycles. The van der Waals surface area contributed by atoms with Crippen molar-refractivity contribution >= 4 is 10.2 Å². The molecule has 0 unspecified atom stereocenters. The average Bonchev–Trinajstić information content (AvgIpc) is 2.27. The maximum absolute atomic E-state index is 12.0. The van der Waals surface area contributed by atoms with Gasteiger partial charge in [-0.05, 0) is 19.4 Å². The summed E-state index contributed by atoms with van der Waals surface area (Å²) in [6.45, 7) is 2.32. The molecule has 2 fully saturated rings. The third kappa shape index (κ3) is 2.34. The zero-order chi connectivity index (χ0) is 12.7. The second-order valence-corrected chi connectivity index (χ2v) is 7.30. The number of nitrogens with one attached hydrogen (secondary N) is 1. The summed E-state index contributed by atoms with van der Waals surface area (Å²) < 4.78 is 26.7. The van der Waals surface area contributed by atoms with Crippen LogP contribution in [0.25, 0.3) is 0 Å². The van der Waals surface area contributed by atoms with E-state index in [4.69, 9.17) is 0 Å². The molecule has 2 aliphatic rings. The van der Waals surface area contributed by atoms with Gasteiger partial charge in [-0.3, -0.25) is 0 Å². The van der Waals surface area contributed by atoms with Crippen LogP contribution in [0.4, 0.5) is 0 Å². The Morgan fingerprint density at radius 1 is 1.41 bits per heavy atom. The Labute approximate surface area is 103 Å². The van der Waals surface area contributed by atoms with Crippen molar-refractivity contribution in [3.63, 3.8) is 0 Å². The summed E-state index contributed by atoms with van der Waals surface area (Å²) in [5.74, 6) is -0.000255. The third-order valence-corrected chi connectivity index (χ3v) is 5.80. The highest BCUT2D eigenvalue weighted by molar-refractivity contribution is 7.86. The van der Waals surface area contributed by atoms with Gasteiger partial charge in [0.2, 0.25) is 0 Å². The molecule has 2 N–H and O–H groups in total. The van der Waals surface area contributed by atoms with Gasteiger partial charge in [-0.1, -0.05) is 0 Å². The Kier molecular flexibility index (Phi) is 3.48. The summed E-state index contributed by atoms with van der Waals surface area (Å²) in [5.41, 5.74) is -0.677. The number of rotatable bonds is 2. The minimum Gasteiger partial charge on any atom is -0.389 e. The van der Waals surface area contributed by atoms with Crippen molar-refractivity contribution < 1.29 is 13.5 Å². The highest BCUT2D eigenvalue weighted by Crippen LogP contribution is 2.33. The van der Waals surface area contributed by atoms with Gasteiger partial charge in [0.1, 0.15) is 0 Å². The fourth-order valence-corrected chi connectivity index (χ4v) is 3.79. The molecule has 6 nitrogen and oxygen atoms in total. The zero-order valence-electron chi connectivity index (χ0n) is 10.4. The van der Waals surface area contributed by atoms with Gasteiger partial charge >= 0.3 is 0 Å². The van der Waals surface area contributed by atoms with Crippen molar-refractivity contribution in [2.45, 2.75) is 18.4 Å². The molecule has 0 radical (unpaired) electrons. The fraction of sp³-hybridized carbons (Fsp3) is 1.00. The quantitative estimate of drug-likeness (QED) is 0.659. The van der Waals surface area contributed by atoms with Gasteiger partial charge in [0.05, 0.1) is 5.60 Å². The zero-order valence-corrected chi connectivity index (χ0v) is 11.2. The second-order valence-electron chi connectivity index (χ2n) is 5.15. The van der Waals surface area contributed by atoms with E-state index in [1.165, 1.54) is 22.7 Å². The van der Waals surface area contributed by atoms with Gasteiger partial charge in [-0.25, -0.2) is 0 Å². The average molecular weight is 263 g/mol. The first kappa shape index (κ1) is 13.2. The first-order chi connectivity index (χ1) is 7.86. The summed E-state index contributed by atoms with van der Waals surface area (Å²) in [7, 11) is -0.276. The smallest absolute Gasteiger partial charge is 0.281 e. The van der Waals surface area contributed by atoms with Crippen molar-refractivity contribution in [3.8, 4) is 0 Å². The predicted molar refractivity (Wildman–Crippen MR) is 64.7 cm³/mol. The Morgan fingerprint density at radius 3 is 2.76 bits per heavy atom. The lowest BCUT2D eigenvalue weighted by atomic mass is 9.77. The van der Waals surface area contributed by atoms with Crippen LogP contribution in [0.5, 0.6) is 0 Å². The van der Waals surface area contributed by atoms with Gasteiger partial charge in [0.15, 0.2) is 0 Å². The van der Waals surface area contributed by atoms with E-state index in [0.29, 0.717) is 32.5 Å². The predicted octanol–water partition coefficient (Wildman–Crippen LogP) is -1.16. The molecule has 7 heteroatoms. The summed E-state index contributed by atoms with van der Waals surface area (Å²) in [4.78, 5) is 0. The largest absolute Gasteiger partial charge is 0.389 e. The first-order valence-corrected chi connectivity index (χ1v) is 7.37. The van der Waals surface area contributed by atoms with E-state index in [1.807, 2.05) is 0 Å². The second kappa shape index (κ2) is 4.47. The molecule has 2 atom stereocenters. The highest BCUT2D eigenvalue weighted by Gasteiger charge is 2.45. The van der Waals surface area contributed by atoms with Gasteiger partial charge < -0.3 is 10.4 Å². The molecule has 100 valence electrons. The molecule has 0 saturated carbocycles. The summed E-state index contributed by atoms with van der Waals surface area (Å²) in [6.07, 6.45) is 1.25. The summed E-state index contributed by atoms with van der Waals surface area (Å²) in [6, 6.07) is 0. The summed E-state index contributed by atoms with van der Waals surface area (Å²) >= 11 is 0. The van der Waals surface area contributed by atoms with Crippen LogP contribution in [0, 0.1) is 5.92 Å². The Bertz CT molecular complexity index is 384. The van der Waals surface area contributed by atoms with E-state index in [0.717, 1.165) is 6.54 Å². The molecule has 2 saturated heterocycles. The van der Waals surface area contributed by atoms with E-state index < -0.39 is 15.8 Å². The molecule has 0 spiro atoms. The molecular weight excluding hydrogens is 242 g/mol. The van der Waals surface area contributed by atoms with Crippen LogP contribution in [-0.2, 0) is 10.2 Å². The summed E-state index contributed by atoms with van der Waals surface area (Å²) in [5, 5.41) is 13.7. The fourth-order valence-electron chi connectivity index (χ4n) is 2.63. The Hall–Kier alpha value is -0.210. The Balaban J connectivity index is 2.13. The number of piperidine rings is 2.